The first-order valence-electron chi connectivity index (χ1n) is 5.20. The van der Waals surface area contributed by atoms with Crippen molar-refractivity contribution in [3.05, 3.63) is 42.0 Å². The van der Waals surface area contributed by atoms with E-state index in [2.05, 4.69) is 25.9 Å². The highest BCUT2D eigenvalue weighted by atomic mass is 15.6. The molecule has 2 aromatic heterocycles. The largest absolute Gasteiger partial charge is 0.339 e. The predicted molar refractivity (Wildman–Crippen MR) is 63.0 cm³/mol. The van der Waals surface area contributed by atoms with Gasteiger partial charge in [-0.15, -0.1) is 14.8 Å². The molecule has 6 heteroatoms. The zero-order chi connectivity index (χ0) is 11.7. The molecule has 2 heterocycles. The molecule has 0 aliphatic rings. The van der Waals surface area contributed by atoms with Crippen molar-refractivity contribution in [3.63, 3.8) is 0 Å². The van der Waals surface area contributed by atoms with Gasteiger partial charge in [-0.2, -0.15) is 0 Å². The van der Waals surface area contributed by atoms with Crippen LogP contribution in [0.3, 0.4) is 0 Å². The van der Waals surface area contributed by atoms with Crippen LogP contribution in [0.15, 0.2) is 36.4 Å². The van der Waals surface area contributed by atoms with E-state index in [9.17, 15) is 0 Å². The van der Waals surface area contributed by atoms with E-state index in [4.69, 9.17) is 0 Å². The molecule has 0 fully saturated rings. The summed E-state index contributed by atoms with van der Waals surface area (Å²) in [5, 5.41) is 18.5. The maximum absolute atomic E-state index is 4.23. The van der Waals surface area contributed by atoms with Crippen LogP contribution >= 0.6 is 0 Å². The first kappa shape index (κ1) is 9.71. The van der Waals surface area contributed by atoms with Gasteiger partial charge in [-0.1, -0.05) is 12.1 Å². The molecule has 17 heavy (non-hydrogen) atoms. The van der Waals surface area contributed by atoms with Crippen LogP contribution in [0.1, 0.15) is 5.56 Å². The van der Waals surface area contributed by atoms with E-state index in [0.29, 0.717) is 11.5 Å². The van der Waals surface area contributed by atoms with Gasteiger partial charge in [-0.25, -0.2) is 0 Å². The van der Waals surface area contributed by atoms with Gasteiger partial charge in [0.15, 0.2) is 11.5 Å². The lowest BCUT2D eigenvalue weighted by molar-refractivity contribution is 0.736. The highest BCUT2D eigenvalue weighted by Crippen LogP contribution is 2.15. The van der Waals surface area contributed by atoms with Crippen molar-refractivity contribution in [1.29, 1.82) is 0 Å². The molecule has 0 spiro atoms. The zero-order valence-electron chi connectivity index (χ0n) is 9.20. The Balaban J connectivity index is 1.94. The molecule has 0 unspecified atom stereocenters. The van der Waals surface area contributed by atoms with E-state index in [1.165, 1.54) is 10.2 Å². The third-order valence-corrected chi connectivity index (χ3v) is 2.36. The Labute approximate surface area is 97.3 Å². The van der Waals surface area contributed by atoms with E-state index < -0.39 is 0 Å². The Morgan fingerprint density at radius 3 is 3.00 bits per heavy atom. The lowest BCUT2D eigenvalue weighted by Crippen LogP contribution is -2.00. The summed E-state index contributed by atoms with van der Waals surface area (Å²) in [6.45, 7) is 2.04. The van der Waals surface area contributed by atoms with Crippen molar-refractivity contribution >= 4 is 17.2 Å². The number of hydrogen-bond donors (Lipinski definition) is 1. The summed E-state index contributed by atoms with van der Waals surface area (Å²) in [5.74, 6) is 0.704. The van der Waals surface area contributed by atoms with E-state index in [-0.39, 0.29) is 0 Å². The second kappa shape index (κ2) is 3.82. The second-order valence-electron chi connectivity index (χ2n) is 3.74. The van der Waals surface area contributed by atoms with Crippen molar-refractivity contribution in [3.8, 4) is 0 Å². The molecule has 3 rings (SSSR count). The number of nitrogens with one attached hydrogen (secondary N) is 1. The van der Waals surface area contributed by atoms with E-state index in [1.807, 2.05) is 43.3 Å². The van der Waals surface area contributed by atoms with Crippen molar-refractivity contribution < 1.29 is 0 Å². The van der Waals surface area contributed by atoms with Gasteiger partial charge in [0, 0.05) is 5.69 Å². The van der Waals surface area contributed by atoms with Crippen LogP contribution in [-0.4, -0.2) is 25.3 Å². The standard InChI is InChI=1S/C11H10N6/c1-8-3-2-4-9(7-8)12-10-5-6-11-13-15-16-17(11)14-10/h2-7H,1H3,(H,12,14). The Hall–Kier alpha value is -2.50. The topological polar surface area (TPSA) is 68.0 Å². The number of aryl methyl sites for hydroxylation is 1. The van der Waals surface area contributed by atoms with Gasteiger partial charge in [0.25, 0.3) is 0 Å². The molecule has 0 aliphatic heterocycles. The zero-order valence-corrected chi connectivity index (χ0v) is 9.20. The van der Waals surface area contributed by atoms with Crippen molar-refractivity contribution in [2.75, 3.05) is 5.32 Å². The molecule has 0 saturated carbocycles. The minimum absolute atomic E-state index is 0.625. The smallest absolute Gasteiger partial charge is 0.200 e. The van der Waals surface area contributed by atoms with E-state index in [0.717, 1.165) is 5.69 Å². The van der Waals surface area contributed by atoms with Crippen LogP contribution in [0.25, 0.3) is 5.65 Å². The third-order valence-electron chi connectivity index (χ3n) is 2.36. The van der Waals surface area contributed by atoms with Crippen LogP contribution in [0, 0.1) is 6.92 Å². The fraction of sp³-hybridized carbons (Fsp3) is 0.0909. The molecule has 6 nitrogen and oxygen atoms in total. The summed E-state index contributed by atoms with van der Waals surface area (Å²) >= 11 is 0. The lowest BCUT2D eigenvalue weighted by atomic mass is 10.2. The quantitative estimate of drug-likeness (QED) is 0.718. The number of benzene rings is 1. The molecule has 1 aromatic carbocycles. The van der Waals surface area contributed by atoms with Crippen LogP contribution < -0.4 is 5.32 Å². The van der Waals surface area contributed by atoms with Gasteiger partial charge in [-0.05, 0) is 47.2 Å². The fourth-order valence-corrected chi connectivity index (χ4v) is 1.59. The van der Waals surface area contributed by atoms with Crippen molar-refractivity contribution in [1.82, 2.24) is 25.3 Å². The first-order valence-corrected chi connectivity index (χ1v) is 5.20. The Bertz CT molecular complexity index is 660. The molecule has 1 N–H and O–H groups in total. The molecular weight excluding hydrogens is 216 g/mol. The van der Waals surface area contributed by atoms with E-state index in [1.54, 1.807) is 0 Å². The molecule has 0 amide bonds. The highest BCUT2D eigenvalue weighted by molar-refractivity contribution is 5.57. The van der Waals surface area contributed by atoms with Gasteiger partial charge in [-0.3, -0.25) is 0 Å². The summed E-state index contributed by atoms with van der Waals surface area (Å²) < 4.78 is 1.39. The van der Waals surface area contributed by atoms with Gasteiger partial charge in [0.2, 0.25) is 0 Å². The molecule has 0 saturated heterocycles. The first-order chi connectivity index (χ1) is 8.31. The predicted octanol–water partition coefficient (Wildman–Crippen LogP) is 1.57. The monoisotopic (exact) mass is 226 g/mol. The van der Waals surface area contributed by atoms with Crippen molar-refractivity contribution in [2.24, 2.45) is 0 Å². The van der Waals surface area contributed by atoms with Crippen LogP contribution in [0.2, 0.25) is 0 Å². The fourth-order valence-electron chi connectivity index (χ4n) is 1.59. The Kier molecular flexibility index (Phi) is 2.18. The molecule has 0 atom stereocenters. The SMILES string of the molecule is Cc1cccc(Nc2ccc3nnnn3n2)c1. The molecule has 0 radical (unpaired) electrons. The van der Waals surface area contributed by atoms with E-state index >= 15 is 0 Å². The Morgan fingerprint density at radius 1 is 1.18 bits per heavy atom. The summed E-state index contributed by atoms with van der Waals surface area (Å²) in [7, 11) is 0. The second-order valence-corrected chi connectivity index (χ2v) is 3.74. The van der Waals surface area contributed by atoms with Gasteiger partial charge in [0.05, 0.1) is 0 Å². The third kappa shape index (κ3) is 1.92. The average Bonchev–Trinajstić information content (AvgIpc) is 2.76. The Morgan fingerprint density at radius 2 is 2.12 bits per heavy atom. The van der Waals surface area contributed by atoms with Gasteiger partial charge in [0.1, 0.15) is 0 Å². The minimum Gasteiger partial charge on any atom is -0.339 e. The van der Waals surface area contributed by atoms with Gasteiger partial charge < -0.3 is 5.32 Å². The van der Waals surface area contributed by atoms with Gasteiger partial charge >= 0.3 is 0 Å². The van der Waals surface area contributed by atoms with Crippen molar-refractivity contribution in [2.45, 2.75) is 6.92 Å². The van der Waals surface area contributed by atoms with Crippen LogP contribution in [0.4, 0.5) is 11.5 Å². The minimum atomic E-state index is 0.625. The molecule has 0 aliphatic carbocycles. The number of tetrazole rings is 1. The number of hydrogen-bond acceptors (Lipinski definition) is 5. The number of nitrogens with zero attached hydrogens (tertiary/aromatic N) is 5. The molecule has 3 aromatic rings. The summed E-state index contributed by atoms with van der Waals surface area (Å²) in [4.78, 5) is 0. The number of fused-ring (bicyclic) bond motifs is 1. The lowest BCUT2D eigenvalue weighted by Gasteiger charge is -2.05. The molecule has 0 bridgehead atoms. The highest BCUT2D eigenvalue weighted by Gasteiger charge is 2.00. The summed E-state index contributed by atoms with van der Waals surface area (Å²) in [5.41, 5.74) is 2.81. The molecular formula is C11H10N6. The van der Waals surface area contributed by atoms with Crippen LogP contribution in [0.5, 0.6) is 0 Å². The number of anilines is 2. The normalized spacial score (nSPS) is 10.6. The summed E-state index contributed by atoms with van der Waals surface area (Å²) in [6.07, 6.45) is 0. The average molecular weight is 226 g/mol. The maximum atomic E-state index is 4.23. The van der Waals surface area contributed by atoms with Crippen LogP contribution in [-0.2, 0) is 0 Å². The summed E-state index contributed by atoms with van der Waals surface area (Å²) in [6, 6.07) is 11.7. The molecule has 84 valence electrons. The number of rotatable bonds is 2. The number of aromatic nitrogens is 5. The maximum Gasteiger partial charge on any atom is 0.200 e.